The summed E-state index contributed by atoms with van der Waals surface area (Å²) >= 11 is 0. The van der Waals surface area contributed by atoms with Crippen molar-refractivity contribution in [1.82, 2.24) is 59.9 Å². The lowest BCUT2D eigenvalue weighted by Crippen LogP contribution is -2.58. The molecule has 148 heavy (non-hydrogen) atoms. The molecule has 2 aromatic rings. The molecular formula is C103H213N12O27P3S3. The standard InChI is InChI=1S/C22H37NO6.C17H30N4O5.C12H28NO3P.C11H24N2O3S.C11H25NO3S.C11H23NO3S.C10H24NO2P.C9H22NO2P/c1-5-18-19(24)20(25)21(26)22(29-18)28-17-8-6-16(7-9-17)14-23(4)11-13-27-12-10-15(2)3;1-10(2)5-7-20(4)8-6-12-9-18-19-21(12)17-15(25)13(23)14(24)16(26-17)11(3)22;1-12(2)6-9-16-10-8-13(3)7-5-11-17(4,14)15;1-9(2)6-7-13(4)11(14)10(12-3)8-17(5,15)16;1-11(2)5-8-15-9-6-12(3)7-10-16(4,13)14;1-9(2)6-5-7-11(13)10(12-3)8-16(4,14)15;1-10(2)6-8-11(3)7-5-9-14(4,12)13;1-9(2)5-6-10(3)7-8-13(4,11)12/h6-9,15,18-22,24-26H,5,10-14H2,1-4H3;9-10,13-17,22-25H,3,5-8H2,1-2,4H3;12H,5-11H2,1-4H3,(H,14,15);9-10,12H,6-8H2,1-5H3;11H,5-10H2,1-4H3;9-10,12H,5-8H2,1-4H3;10H,5-9H2,1-4H3,(H,12,13);9H,5-8H2,1-4H3,(H,11,12). The van der Waals surface area contributed by atoms with E-state index in [2.05, 4.69) is 177 Å². The van der Waals surface area contributed by atoms with Crippen molar-refractivity contribution in [2.24, 2.45) is 47.3 Å². The van der Waals surface area contributed by atoms with Crippen LogP contribution in [-0.4, -0.2) is 460 Å². The fraction of sp³-hybridized carbons (Fsp3) is 0.883. The molecule has 1 amide bonds. The van der Waals surface area contributed by atoms with Gasteiger partial charge in [0.05, 0.1) is 61.1 Å². The number of nitrogens with one attached hydrogen (secondary N) is 2. The van der Waals surface area contributed by atoms with Crippen molar-refractivity contribution >= 4 is 63.3 Å². The molecule has 4 rings (SSSR count). The molecule has 45 heteroatoms. The number of aliphatic hydroxyl groups excluding tert-OH is 7. The fourth-order valence-electron chi connectivity index (χ4n) is 13.6. The number of nitrogens with zero attached hydrogens (tertiary/aromatic N) is 10. The van der Waals surface area contributed by atoms with E-state index < -0.39 is 131 Å². The number of hydrogen-bond acceptors (Lipinski definition) is 34. The maximum atomic E-state index is 12.0. The zero-order valence-corrected chi connectivity index (χ0v) is 102. The van der Waals surface area contributed by atoms with Crippen LogP contribution in [0.25, 0.3) is 0 Å². The van der Waals surface area contributed by atoms with Gasteiger partial charge in [-0.15, -0.1) is 5.10 Å². The molecule has 2 aliphatic heterocycles. The molecule has 1 aromatic carbocycles. The van der Waals surface area contributed by atoms with Crippen LogP contribution in [0.4, 0.5) is 0 Å². The van der Waals surface area contributed by atoms with E-state index in [0.717, 1.165) is 192 Å². The van der Waals surface area contributed by atoms with E-state index in [9.17, 15) is 84.3 Å². The summed E-state index contributed by atoms with van der Waals surface area (Å²) in [6.07, 6.45) is 6.99. The number of likely N-dealkylation sites (N-methyl/N-ethyl adjacent to an activating group) is 7. The first-order valence-electron chi connectivity index (χ1n) is 53.0. The normalized spacial score (nSPS) is 19.8. The molecule has 0 bridgehead atoms. The van der Waals surface area contributed by atoms with Crippen molar-refractivity contribution in [3.63, 3.8) is 0 Å². The Kier molecular flexibility index (Phi) is 83.5. The lowest BCUT2D eigenvalue weighted by molar-refractivity contribution is -0.272. The Balaban J connectivity index is -0.000000814. The van der Waals surface area contributed by atoms with Crippen LogP contribution in [0.2, 0.25) is 0 Å². The molecule has 2 saturated heterocycles. The summed E-state index contributed by atoms with van der Waals surface area (Å²) in [7, 11) is -0.512. The van der Waals surface area contributed by atoms with Gasteiger partial charge < -0.3 is 119 Å². The van der Waals surface area contributed by atoms with E-state index in [0.29, 0.717) is 111 Å². The molecule has 0 aliphatic carbocycles. The van der Waals surface area contributed by atoms with Crippen molar-refractivity contribution in [3.05, 3.63) is 54.1 Å². The van der Waals surface area contributed by atoms with Gasteiger partial charge in [-0.25, -0.2) is 29.9 Å². The summed E-state index contributed by atoms with van der Waals surface area (Å²) in [5.41, 5.74) is 1.85. The number of ketones is 1. The van der Waals surface area contributed by atoms with Crippen molar-refractivity contribution in [1.29, 1.82) is 0 Å². The van der Waals surface area contributed by atoms with E-state index in [4.69, 9.17) is 43.1 Å². The number of carbonyl (C=O) groups excluding carboxylic acids is 2. The lowest BCUT2D eigenvalue weighted by atomic mass is 9.97. The number of rotatable bonds is 66. The summed E-state index contributed by atoms with van der Waals surface area (Å²) < 4.78 is 134. The number of aromatic nitrogens is 3. The van der Waals surface area contributed by atoms with Gasteiger partial charge in [0.2, 0.25) is 12.2 Å². The largest absolute Gasteiger partial charge is 0.510 e. The molecule has 15 atom stereocenters. The summed E-state index contributed by atoms with van der Waals surface area (Å²) in [5.74, 6) is 5.07. The smallest absolute Gasteiger partial charge is 0.240 e. The van der Waals surface area contributed by atoms with E-state index in [1.54, 1.807) is 32.2 Å². The van der Waals surface area contributed by atoms with Gasteiger partial charge in [-0.2, -0.15) is 0 Å². The Morgan fingerprint density at radius 3 is 1.24 bits per heavy atom. The molecule has 2 aliphatic rings. The minimum atomic E-state index is -3.16. The van der Waals surface area contributed by atoms with Crippen LogP contribution in [0.5, 0.6) is 5.75 Å². The molecule has 2 fully saturated rings. The molecule has 3 heterocycles. The van der Waals surface area contributed by atoms with Crippen LogP contribution >= 0.6 is 22.1 Å². The average molecular weight is 2240 g/mol. The molecule has 1 aromatic heterocycles. The van der Waals surface area contributed by atoms with Crippen molar-refractivity contribution in [2.45, 2.75) is 288 Å². The molecule has 12 N–H and O–H groups in total. The highest BCUT2D eigenvalue weighted by Gasteiger charge is 2.47. The topological polar surface area (TPSA) is 523 Å². The van der Waals surface area contributed by atoms with E-state index in [-0.39, 0.29) is 28.9 Å². The van der Waals surface area contributed by atoms with Crippen molar-refractivity contribution in [3.8, 4) is 5.75 Å². The fourth-order valence-corrected chi connectivity index (χ4v) is 18.3. The van der Waals surface area contributed by atoms with Gasteiger partial charge in [0.1, 0.15) is 89.8 Å². The number of sulfone groups is 3. The third-order valence-electron chi connectivity index (χ3n) is 23.8. The quantitative estimate of drug-likeness (QED) is 0.0166. The van der Waals surface area contributed by atoms with Gasteiger partial charge in [-0.3, -0.25) is 28.2 Å². The number of amides is 1. The van der Waals surface area contributed by atoms with Crippen LogP contribution in [0, 0.1) is 47.3 Å². The van der Waals surface area contributed by atoms with Crippen LogP contribution in [-0.2, 0) is 89.4 Å². The molecule has 0 spiro atoms. The second-order valence-electron chi connectivity index (χ2n) is 43.9. The Hall–Kier alpha value is -3.50. The Labute approximate surface area is 896 Å². The van der Waals surface area contributed by atoms with Crippen LogP contribution in [0.1, 0.15) is 219 Å². The van der Waals surface area contributed by atoms with E-state index in [1.165, 1.54) is 37.4 Å². The molecule has 15 unspecified atom stereocenters. The highest BCUT2D eigenvalue weighted by molar-refractivity contribution is 7.91. The third kappa shape index (κ3) is 86.6. The maximum absolute atomic E-state index is 12.0. The van der Waals surface area contributed by atoms with Gasteiger partial charge in [-0.05, 0) is 225 Å². The molecule has 0 radical (unpaired) electrons. The van der Waals surface area contributed by atoms with Crippen LogP contribution in [0.15, 0.2) is 42.8 Å². The number of carbonyl (C=O) groups is 2. The zero-order valence-electron chi connectivity index (χ0n) is 97.2. The van der Waals surface area contributed by atoms with Crippen LogP contribution < -0.4 is 15.4 Å². The van der Waals surface area contributed by atoms with Gasteiger partial charge in [0.15, 0.2) is 34.1 Å². The molecular weight excluding hydrogens is 2030 g/mol. The van der Waals surface area contributed by atoms with Crippen molar-refractivity contribution < 1.29 is 127 Å². The summed E-state index contributed by atoms with van der Waals surface area (Å²) in [4.78, 5) is 65.4. The van der Waals surface area contributed by atoms with Gasteiger partial charge in [0, 0.05) is 149 Å². The minimum absolute atomic E-state index is 0.00595. The predicted octanol–water partition coefficient (Wildman–Crippen LogP) is 10.2. The summed E-state index contributed by atoms with van der Waals surface area (Å²) in [5, 5.41) is 83.3. The highest BCUT2D eigenvalue weighted by Crippen LogP contribution is 2.38. The number of benzene rings is 1. The first-order chi connectivity index (χ1) is 68.2. The van der Waals surface area contributed by atoms with Crippen molar-refractivity contribution in [2.75, 3.05) is 256 Å². The monoisotopic (exact) mass is 2240 g/mol. The molecule has 0 saturated carbocycles. The number of hydrogen-bond donors (Lipinski definition) is 12. The second-order valence-corrected chi connectivity index (χ2v) is 58.2. The number of Topliss-reactive ketones (excluding diaryl/α,β-unsaturated/α-hetero) is 1. The van der Waals surface area contributed by atoms with E-state index in [1.807, 2.05) is 64.3 Å². The van der Waals surface area contributed by atoms with E-state index >= 15 is 0 Å². The summed E-state index contributed by atoms with van der Waals surface area (Å²) in [6.45, 7) is 59.5. The Bertz CT molecular complexity index is 4210. The zero-order chi connectivity index (χ0) is 115. The van der Waals surface area contributed by atoms with Gasteiger partial charge in [-0.1, -0.05) is 148 Å². The van der Waals surface area contributed by atoms with Crippen LogP contribution in [0.3, 0.4) is 0 Å². The summed E-state index contributed by atoms with van der Waals surface area (Å²) in [6, 6.07) is 6.35. The minimum Gasteiger partial charge on any atom is -0.510 e. The second kappa shape index (κ2) is 82.0. The predicted molar refractivity (Wildman–Crippen MR) is 601 cm³/mol. The third-order valence-corrected chi connectivity index (χ3v) is 29.9. The highest BCUT2D eigenvalue weighted by atomic mass is 32.2. The Morgan fingerprint density at radius 2 is 0.845 bits per heavy atom. The maximum Gasteiger partial charge on any atom is 0.240 e. The first kappa shape index (κ1) is 151. The molecule has 39 nitrogen and oxygen atoms in total. The number of ether oxygens (including phenoxy) is 6. The number of aliphatic hydroxyl groups is 7. The SMILES string of the molecule is C=C(O)C1OC(n2nncc2CCN(C)CCC(C)C)C(O)C(O)C1O.CC(C)CCN(C)CCCP(C)(=O)O.CC(C)CCN(C)CCP(C)(=O)O.CC(C)CCOCCN(C)CCCP(C)(=O)O.CC(C)CCOCCN(C)CCS(C)(=O)=O.CCC1OC(Oc2ccc(CN(C)CCOCCC(C)C)cc2)C(O)C(O)C1O.CNC(CS(C)(=O)=O)C(=O)CCCC(C)C.CNC(CS(C)(=O)=O)C(=O)N(C)CCC(C)C. The molecule has 880 valence electrons. The lowest BCUT2D eigenvalue weighted by Gasteiger charge is -2.40. The van der Waals surface area contributed by atoms with Gasteiger partial charge in [0.25, 0.3) is 0 Å². The first-order valence-corrected chi connectivity index (χ1v) is 66.1. The average Bonchev–Trinajstić information content (AvgIpc) is 1.51. The van der Waals surface area contributed by atoms with Gasteiger partial charge >= 0.3 is 0 Å². The Morgan fingerprint density at radius 1 is 0.459 bits per heavy atom.